The van der Waals surface area contributed by atoms with Crippen LogP contribution in [-0.2, 0) is 14.3 Å². The highest BCUT2D eigenvalue weighted by Crippen LogP contribution is 2.29. The smallest absolute Gasteiger partial charge is 0.266 e. The highest BCUT2D eigenvalue weighted by molar-refractivity contribution is 8.03. The number of benzene rings is 2. The van der Waals surface area contributed by atoms with Gasteiger partial charge in [-0.3, -0.25) is 9.00 Å². The molecule has 1 aliphatic rings. The van der Waals surface area contributed by atoms with Crippen molar-refractivity contribution in [3.05, 3.63) is 70.4 Å². The zero-order valence-electron chi connectivity index (χ0n) is 13.0. The summed E-state index contributed by atoms with van der Waals surface area (Å²) in [6.45, 7) is 0. The van der Waals surface area contributed by atoms with Crippen molar-refractivity contribution < 1.29 is 13.4 Å². The van der Waals surface area contributed by atoms with E-state index in [2.05, 4.69) is 11.2 Å². The Morgan fingerprint density at radius 1 is 1.24 bits per heavy atom. The topological polar surface area (TPSA) is 70.0 Å². The number of carbonyl (C=O) groups excluding carboxylic acids is 1. The van der Waals surface area contributed by atoms with E-state index in [1.165, 1.54) is 30.3 Å². The number of nitrogens with one attached hydrogen (secondary N) is 1. The predicted molar refractivity (Wildman–Crippen MR) is 97.6 cm³/mol. The van der Waals surface area contributed by atoms with Gasteiger partial charge >= 0.3 is 0 Å². The third-order valence-electron chi connectivity index (χ3n) is 3.66. The van der Waals surface area contributed by atoms with Gasteiger partial charge in [-0.15, -0.1) is 0 Å². The molecule has 0 radical (unpaired) electrons. The third-order valence-corrected chi connectivity index (χ3v) is 5.33. The summed E-state index contributed by atoms with van der Waals surface area (Å²) in [4.78, 5) is 12.8. The van der Waals surface area contributed by atoms with Crippen LogP contribution in [0.3, 0.4) is 0 Å². The van der Waals surface area contributed by atoms with Crippen molar-refractivity contribution in [3.63, 3.8) is 0 Å². The first kappa shape index (κ1) is 16.7. The van der Waals surface area contributed by atoms with Gasteiger partial charge in [0.1, 0.15) is 17.5 Å². The lowest BCUT2D eigenvalue weighted by Crippen LogP contribution is -2.13. The summed E-state index contributed by atoms with van der Waals surface area (Å²) < 4.78 is 25.2. The lowest BCUT2D eigenvalue weighted by Gasteiger charge is -2.08. The van der Waals surface area contributed by atoms with Crippen LogP contribution in [0.15, 0.2) is 58.3 Å². The van der Waals surface area contributed by atoms with Crippen LogP contribution < -0.4 is 5.32 Å². The first-order chi connectivity index (χ1) is 11.9. The average molecular weight is 352 g/mol. The van der Waals surface area contributed by atoms with E-state index in [4.69, 9.17) is 0 Å². The van der Waals surface area contributed by atoms with Crippen molar-refractivity contribution in [3.8, 4) is 6.07 Å². The molecule has 3 rings (SSSR count). The first-order valence-corrected chi connectivity index (χ1v) is 9.06. The molecular weight excluding hydrogens is 339 g/mol. The maximum absolute atomic E-state index is 12.9. The Hall–Kier alpha value is -3.17. The van der Waals surface area contributed by atoms with Gasteiger partial charge in [0.15, 0.2) is 0 Å². The summed E-state index contributed by atoms with van der Waals surface area (Å²) in [6, 6.07) is 12.2. The van der Waals surface area contributed by atoms with Crippen molar-refractivity contribution in [1.29, 1.82) is 5.26 Å². The average Bonchev–Trinajstić information content (AvgIpc) is 2.89. The lowest BCUT2D eigenvalue weighted by atomic mass is 10.1. The van der Waals surface area contributed by atoms with E-state index >= 15 is 0 Å². The summed E-state index contributed by atoms with van der Waals surface area (Å²) in [7, 11) is -2.49. The normalized spacial score (nSPS) is 18.5. The van der Waals surface area contributed by atoms with Gasteiger partial charge in [-0.05, 0) is 58.8 Å². The van der Waals surface area contributed by atoms with Gasteiger partial charge in [0.2, 0.25) is 0 Å². The number of hydrogen-bond acceptors (Lipinski definition) is 3. The molecule has 2 aromatic rings. The molecule has 6 heteroatoms. The van der Waals surface area contributed by atoms with Crippen LogP contribution in [0, 0.1) is 17.1 Å². The highest BCUT2D eigenvalue weighted by atomic mass is 32.2. The molecule has 2 aromatic carbocycles. The van der Waals surface area contributed by atoms with Crippen LogP contribution in [0.4, 0.5) is 10.1 Å². The molecule has 25 heavy (non-hydrogen) atoms. The minimum atomic E-state index is -2.49. The monoisotopic (exact) mass is 352 g/mol. The minimum Gasteiger partial charge on any atom is -0.321 e. The van der Waals surface area contributed by atoms with E-state index in [1.807, 2.05) is 6.07 Å². The SMILES string of the molecule is C=S1(=O)C=Cc2ccc(NC(=O)/C(C#N)=C/c3ccc(F)cc3)cc21. The van der Waals surface area contributed by atoms with Crippen molar-refractivity contribution in [1.82, 2.24) is 0 Å². The van der Waals surface area contributed by atoms with Gasteiger partial charge in [0, 0.05) is 20.1 Å². The number of fused-ring (bicyclic) bond motifs is 1. The number of nitriles is 1. The van der Waals surface area contributed by atoms with E-state index in [9.17, 15) is 18.7 Å². The molecule has 0 saturated heterocycles. The number of rotatable bonds is 3. The Balaban J connectivity index is 1.84. The van der Waals surface area contributed by atoms with Crippen LogP contribution in [0.1, 0.15) is 11.1 Å². The summed E-state index contributed by atoms with van der Waals surface area (Å²) in [6.07, 6.45) is 3.10. The molecule has 1 unspecified atom stereocenters. The van der Waals surface area contributed by atoms with E-state index in [-0.39, 0.29) is 5.57 Å². The molecule has 0 spiro atoms. The van der Waals surface area contributed by atoms with Crippen molar-refractivity contribution in [2.24, 2.45) is 0 Å². The number of nitrogens with zero attached hydrogens (tertiary/aromatic N) is 1. The second-order valence-corrected chi connectivity index (χ2v) is 7.62. The Morgan fingerprint density at radius 2 is 1.96 bits per heavy atom. The Labute approximate surface area is 144 Å². The standard InChI is InChI=1S/C19H13FN2O2S/c1-25(24)9-8-14-4-7-17(11-18(14)25)22-19(23)15(12-21)10-13-2-5-16(20)6-3-13/h2-11H,1H2,(H,22,23)/b15-10+. The second kappa shape index (κ2) is 6.38. The fraction of sp³-hybridized carbons (Fsp3) is 0. The van der Waals surface area contributed by atoms with Crippen molar-refractivity contribution >= 4 is 39.1 Å². The maximum Gasteiger partial charge on any atom is 0.266 e. The van der Waals surface area contributed by atoms with E-state index in [1.54, 1.807) is 29.7 Å². The van der Waals surface area contributed by atoms with Crippen LogP contribution in [0.5, 0.6) is 0 Å². The number of hydrogen-bond donors (Lipinski definition) is 1. The van der Waals surface area contributed by atoms with E-state index in [0.717, 1.165) is 5.56 Å². The van der Waals surface area contributed by atoms with Crippen LogP contribution in [0.25, 0.3) is 12.2 Å². The molecule has 124 valence electrons. The zero-order chi connectivity index (χ0) is 18.0. The molecule has 0 saturated carbocycles. The molecule has 0 bridgehead atoms. The fourth-order valence-electron chi connectivity index (χ4n) is 2.38. The summed E-state index contributed by atoms with van der Waals surface area (Å²) in [5.74, 6) is 2.68. The van der Waals surface area contributed by atoms with Gasteiger partial charge in [-0.2, -0.15) is 5.26 Å². The summed E-state index contributed by atoms with van der Waals surface area (Å²) in [5.41, 5.74) is 1.62. The van der Waals surface area contributed by atoms with Crippen molar-refractivity contribution in [2.75, 3.05) is 5.32 Å². The van der Waals surface area contributed by atoms with Crippen LogP contribution >= 0.6 is 0 Å². The van der Waals surface area contributed by atoms with Crippen LogP contribution in [0.2, 0.25) is 0 Å². The first-order valence-electron chi connectivity index (χ1n) is 7.27. The molecule has 1 amide bonds. The van der Waals surface area contributed by atoms with Gasteiger partial charge in [-0.1, -0.05) is 18.2 Å². The third kappa shape index (κ3) is 3.52. The molecule has 1 atom stereocenters. The molecule has 0 aromatic heterocycles. The molecule has 1 heterocycles. The Bertz CT molecular complexity index is 1060. The minimum absolute atomic E-state index is 0.124. The number of carbonyl (C=O) groups is 1. The zero-order valence-corrected chi connectivity index (χ0v) is 13.8. The Morgan fingerprint density at radius 3 is 2.64 bits per heavy atom. The second-order valence-electron chi connectivity index (χ2n) is 5.46. The number of anilines is 1. The van der Waals surface area contributed by atoms with Crippen LogP contribution in [-0.4, -0.2) is 16.0 Å². The summed E-state index contributed by atoms with van der Waals surface area (Å²) in [5, 5.41) is 13.4. The van der Waals surface area contributed by atoms with Gasteiger partial charge < -0.3 is 5.32 Å². The van der Waals surface area contributed by atoms with Crippen molar-refractivity contribution in [2.45, 2.75) is 4.90 Å². The molecular formula is C19H13FN2O2S. The van der Waals surface area contributed by atoms with E-state index in [0.29, 0.717) is 16.1 Å². The summed E-state index contributed by atoms with van der Waals surface area (Å²) >= 11 is 0. The highest BCUT2D eigenvalue weighted by Gasteiger charge is 2.17. The molecule has 0 fully saturated rings. The fourth-order valence-corrected chi connectivity index (χ4v) is 3.75. The lowest BCUT2D eigenvalue weighted by molar-refractivity contribution is -0.112. The van der Waals surface area contributed by atoms with Gasteiger partial charge in [0.25, 0.3) is 5.91 Å². The molecule has 0 aliphatic carbocycles. The Kier molecular flexibility index (Phi) is 4.26. The molecule has 4 nitrogen and oxygen atoms in total. The maximum atomic E-state index is 12.9. The quantitative estimate of drug-likeness (QED) is 0.523. The van der Waals surface area contributed by atoms with Gasteiger partial charge in [0.05, 0.1) is 0 Å². The number of amides is 1. The van der Waals surface area contributed by atoms with E-state index < -0.39 is 21.2 Å². The van der Waals surface area contributed by atoms with Gasteiger partial charge in [-0.25, -0.2) is 4.39 Å². The molecule has 1 N–H and O–H groups in total. The molecule has 1 aliphatic heterocycles. The predicted octanol–water partition coefficient (Wildman–Crippen LogP) is 3.43. The number of halogens is 1. The largest absolute Gasteiger partial charge is 0.321 e.